The summed E-state index contributed by atoms with van der Waals surface area (Å²) in [5.41, 5.74) is 6.75. The van der Waals surface area contributed by atoms with Crippen molar-refractivity contribution in [3.05, 3.63) is 29.8 Å². The number of amides is 2. The molecule has 1 aromatic carbocycles. The number of nitrogen functional groups attached to an aromatic ring is 1. The maximum atomic E-state index is 13.3. The van der Waals surface area contributed by atoms with Gasteiger partial charge in [-0.2, -0.15) is 0 Å². The molecule has 2 aromatic rings. The number of nitrogens with two attached hydrogens (primary N) is 1. The fourth-order valence-corrected chi connectivity index (χ4v) is 6.89. The predicted molar refractivity (Wildman–Crippen MR) is 125 cm³/mol. The Morgan fingerprint density at radius 2 is 1.94 bits per heavy atom. The molecular weight excluding hydrogens is 408 g/mol. The molecule has 5 rings (SSSR count). The number of hydrogen-bond donors (Lipinski definition) is 1. The molecule has 7 heteroatoms. The Labute approximate surface area is 188 Å². The molecule has 1 spiro atoms. The Morgan fingerprint density at radius 1 is 1.16 bits per heavy atom. The van der Waals surface area contributed by atoms with Crippen LogP contribution in [0.5, 0.6) is 0 Å². The zero-order chi connectivity index (χ0) is 21.6. The van der Waals surface area contributed by atoms with E-state index in [0.717, 1.165) is 81.5 Å². The highest BCUT2D eigenvalue weighted by Gasteiger charge is 2.49. The summed E-state index contributed by atoms with van der Waals surface area (Å²) >= 11 is 1.49. The first kappa shape index (κ1) is 20.8. The average molecular weight is 441 g/mol. The smallest absolute Gasteiger partial charge is 0.257 e. The Bertz CT molecular complexity index is 997. The highest BCUT2D eigenvalue weighted by molar-refractivity contribution is 7.23. The zero-order valence-corrected chi connectivity index (χ0v) is 19.1. The highest BCUT2D eigenvalue weighted by atomic mass is 32.1. The number of thiophene rings is 1. The van der Waals surface area contributed by atoms with Gasteiger partial charge in [-0.15, -0.1) is 11.3 Å². The fraction of sp³-hybridized carbons (Fsp3) is 0.583. The van der Waals surface area contributed by atoms with Gasteiger partial charge in [-0.25, -0.2) is 0 Å². The summed E-state index contributed by atoms with van der Waals surface area (Å²) in [6.07, 6.45) is 5.06. The van der Waals surface area contributed by atoms with Crippen molar-refractivity contribution in [1.82, 2.24) is 14.7 Å². The molecular formula is C24H32N4O2S. The van der Waals surface area contributed by atoms with Crippen molar-refractivity contribution in [2.24, 2.45) is 5.41 Å². The van der Waals surface area contributed by atoms with Crippen molar-refractivity contribution in [3.8, 4) is 0 Å². The van der Waals surface area contributed by atoms with E-state index in [1.165, 1.54) is 11.3 Å². The molecule has 6 nitrogen and oxygen atoms in total. The third-order valence-electron chi connectivity index (χ3n) is 7.69. The molecule has 0 saturated carbocycles. The molecule has 1 atom stereocenters. The first-order valence-electron chi connectivity index (χ1n) is 11.6. The van der Waals surface area contributed by atoms with Gasteiger partial charge >= 0.3 is 0 Å². The van der Waals surface area contributed by atoms with Crippen LogP contribution in [-0.4, -0.2) is 71.8 Å². The van der Waals surface area contributed by atoms with Gasteiger partial charge in [0.1, 0.15) is 0 Å². The van der Waals surface area contributed by atoms with Crippen LogP contribution in [0, 0.1) is 5.41 Å². The van der Waals surface area contributed by atoms with Gasteiger partial charge in [0.25, 0.3) is 5.91 Å². The Kier molecular flexibility index (Phi) is 5.42. The minimum absolute atomic E-state index is 0.0630. The first-order chi connectivity index (χ1) is 15.0. The topological polar surface area (TPSA) is 69.9 Å². The van der Waals surface area contributed by atoms with Gasteiger partial charge in [0.05, 0.1) is 16.0 Å². The van der Waals surface area contributed by atoms with E-state index in [-0.39, 0.29) is 11.3 Å². The summed E-state index contributed by atoms with van der Waals surface area (Å²) in [6, 6.07) is 8.43. The SMILES string of the molecule is CCN1CCC2(CCCN(C3CCN(C(=O)c4c(N)sc5ccccc45)CC3)C2)C1=O. The van der Waals surface area contributed by atoms with Crippen molar-refractivity contribution in [2.75, 3.05) is 45.0 Å². The minimum atomic E-state index is -0.161. The molecule has 3 fully saturated rings. The van der Waals surface area contributed by atoms with Gasteiger partial charge in [-0.05, 0) is 51.6 Å². The monoisotopic (exact) mass is 440 g/mol. The standard InChI is InChI=1S/C24H32N4O2S/c1-2-26-15-11-24(23(26)30)10-5-12-28(16-24)17-8-13-27(14-9-17)22(29)20-18-6-3-4-7-19(18)31-21(20)25/h3-4,6-7,17H,2,5,8-16,25H2,1H3. The number of benzene rings is 1. The summed E-state index contributed by atoms with van der Waals surface area (Å²) in [5.74, 6) is 0.431. The van der Waals surface area contributed by atoms with Gasteiger partial charge in [0.15, 0.2) is 0 Å². The number of piperidine rings is 2. The highest BCUT2D eigenvalue weighted by Crippen LogP contribution is 2.41. The second kappa shape index (κ2) is 8.10. The fourth-order valence-electron chi connectivity index (χ4n) is 5.93. The third-order valence-corrected chi connectivity index (χ3v) is 8.69. The number of likely N-dealkylation sites (tertiary alicyclic amines) is 3. The Hall–Kier alpha value is -2.12. The number of nitrogens with zero attached hydrogens (tertiary/aromatic N) is 3. The number of fused-ring (bicyclic) bond motifs is 1. The molecule has 3 aliphatic heterocycles. The summed E-state index contributed by atoms with van der Waals surface area (Å²) in [4.78, 5) is 32.8. The van der Waals surface area contributed by atoms with Gasteiger partial charge < -0.3 is 15.5 Å². The molecule has 0 aliphatic carbocycles. The maximum absolute atomic E-state index is 13.3. The van der Waals surface area contributed by atoms with Crippen LogP contribution in [0.25, 0.3) is 10.1 Å². The lowest BCUT2D eigenvalue weighted by Gasteiger charge is -2.45. The molecule has 166 valence electrons. The van der Waals surface area contributed by atoms with Gasteiger partial charge in [0.2, 0.25) is 5.91 Å². The predicted octanol–water partition coefficient (Wildman–Crippen LogP) is 3.42. The van der Waals surface area contributed by atoms with E-state index in [2.05, 4.69) is 11.8 Å². The molecule has 1 aromatic heterocycles. The number of hydrogen-bond acceptors (Lipinski definition) is 5. The summed E-state index contributed by atoms with van der Waals surface area (Å²) in [7, 11) is 0. The van der Waals surface area contributed by atoms with Crippen LogP contribution in [0.4, 0.5) is 5.00 Å². The Morgan fingerprint density at radius 3 is 2.68 bits per heavy atom. The van der Waals surface area contributed by atoms with Crippen LogP contribution < -0.4 is 5.73 Å². The van der Waals surface area contributed by atoms with Crippen LogP contribution in [0.2, 0.25) is 0 Å². The van der Waals surface area contributed by atoms with Gasteiger partial charge in [-0.3, -0.25) is 14.5 Å². The number of anilines is 1. The van der Waals surface area contributed by atoms with Crippen LogP contribution in [0.15, 0.2) is 24.3 Å². The Balaban J connectivity index is 1.25. The molecule has 0 bridgehead atoms. The summed E-state index contributed by atoms with van der Waals surface area (Å²) in [5, 5.41) is 1.59. The average Bonchev–Trinajstić information content (AvgIpc) is 3.29. The quantitative estimate of drug-likeness (QED) is 0.794. The second-order valence-corrected chi connectivity index (χ2v) is 10.4. The molecule has 31 heavy (non-hydrogen) atoms. The van der Waals surface area contributed by atoms with Gasteiger partial charge in [0, 0.05) is 48.9 Å². The summed E-state index contributed by atoms with van der Waals surface area (Å²) in [6.45, 7) is 7.28. The molecule has 3 saturated heterocycles. The molecule has 1 unspecified atom stereocenters. The maximum Gasteiger partial charge on any atom is 0.257 e. The number of carbonyl (C=O) groups excluding carboxylic acids is 2. The van der Waals surface area contributed by atoms with Crippen molar-refractivity contribution in [2.45, 2.75) is 45.1 Å². The molecule has 2 N–H and O–H groups in total. The molecule has 2 amide bonds. The molecule has 0 radical (unpaired) electrons. The molecule has 3 aliphatic rings. The van der Waals surface area contributed by atoms with Crippen LogP contribution in [0.3, 0.4) is 0 Å². The second-order valence-electron chi connectivity index (χ2n) is 9.35. The van der Waals surface area contributed by atoms with Crippen molar-refractivity contribution >= 4 is 38.2 Å². The van der Waals surface area contributed by atoms with Gasteiger partial charge in [-0.1, -0.05) is 18.2 Å². The lowest BCUT2D eigenvalue weighted by molar-refractivity contribution is -0.139. The van der Waals surface area contributed by atoms with E-state index in [9.17, 15) is 9.59 Å². The number of rotatable bonds is 3. The lowest BCUT2D eigenvalue weighted by Crippen LogP contribution is -2.54. The van der Waals surface area contributed by atoms with Crippen molar-refractivity contribution in [1.29, 1.82) is 0 Å². The zero-order valence-electron chi connectivity index (χ0n) is 18.3. The lowest BCUT2D eigenvalue weighted by atomic mass is 9.77. The van der Waals surface area contributed by atoms with Crippen molar-refractivity contribution in [3.63, 3.8) is 0 Å². The van der Waals surface area contributed by atoms with Crippen LogP contribution >= 0.6 is 11.3 Å². The first-order valence-corrected chi connectivity index (χ1v) is 12.4. The normalized spacial score (nSPS) is 25.8. The summed E-state index contributed by atoms with van der Waals surface area (Å²) < 4.78 is 1.07. The van der Waals surface area contributed by atoms with E-state index >= 15 is 0 Å². The van der Waals surface area contributed by atoms with E-state index in [1.54, 1.807) is 0 Å². The van der Waals surface area contributed by atoms with E-state index in [4.69, 9.17) is 5.73 Å². The van der Waals surface area contributed by atoms with Crippen LogP contribution in [-0.2, 0) is 4.79 Å². The largest absolute Gasteiger partial charge is 0.390 e. The van der Waals surface area contributed by atoms with Crippen molar-refractivity contribution < 1.29 is 9.59 Å². The van der Waals surface area contributed by atoms with E-state index in [1.807, 2.05) is 34.1 Å². The molecule has 4 heterocycles. The van der Waals surface area contributed by atoms with E-state index < -0.39 is 0 Å². The van der Waals surface area contributed by atoms with E-state index in [0.29, 0.717) is 22.5 Å². The third kappa shape index (κ3) is 3.52. The van der Waals surface area contributed by atoms with Crippen LogP contribution in [0.1, 0.15) is 49.4 Å². The number of carbonyl (C=O) groups is 2. The minimum Gasteiger partial charge on any atom is -0.390 e.